The molecule has 136 valence electrons. The molecule has 2 unspecified atom stereocenters. The number of thioether (sulfide) groups is 1. The van der Waals surface area contributed by atoms with E-state index in [4.69, 9.17) is 11.6 Å². The van der Waals surface area contributed by atoms with Crippen LogP contribution in [-0.4, -0.2) is 15.7 Å². The summed E-state index contributed by atoms with van der Waals surface area (Å²) in [7, 11) is 0. The van der Waals surface area contributed by atoms with Gasteiger partial charge in [0.05, 0.1) is 11.6 Å². The van der Waals surface area contributed by atoms with Crippen molar-refractivity contribution in [3.63, 3.8) is 0 Å². The van der Waals surface area contributed by atoms with Gasteiger partial charge in [-0.3, -0.25) is 0 Å². The van der Waals surface area contributed by atoms with Crippen molar-refractivity contribution in [2.24, 2.45) is 0 Å². The van der Waals surface area contributed by atoms with E-state index in [0.717, 1.165) is 10.1 Å². The molecule has 3 aromatic rings. The molecule has 3 rings (SSSR count). The zero-order valence-corrected chi connectivity index (χ0v) is 15.2. The number of rotatable bonds is 6. The Morgan fingerprint density at radius 1 is 1.04 bits per heavy atom. The Hall–Kier alpha value is -1.92. The zero-order chi connectivity index (χ0) is 18.6. The van der Waals surface area contributed by atoms with Crippen molar-refractivity contribution in [1.82, 2.24) is 9.55 Å². The lowest BCUT2D eigenvalue weighted by atomic mass is 10.0. The fourth-order valence-electron chi connectivity index (χ4n) is 2.71. The Balaban J connectivity index is 1.93. The summed E-state index contributed by atoms with van der Waals surface area (Å²) in [6, 6.07) is 14.2. The maximum atomic E-state index is 13.9. The molecule has 0 N–H and O–H groups in total. The average Bonchev–Trinajstić information content (AvgIpc) is 3.13. The van der Waals surface area contributed by atoms with Gasteiger partial charge in [-0.15, -0.1) is 11.8 Å². The van der Waals surface area contributed by atoms with Gasteiger partial charge >= 0.3 is 6.18 Å². The van der Waals surface area contributed by atoms with E-state index in [-0.39, 0.29) is 0 Å². The highest BCUT2D eigenvalue weighted by molar-refractivity contribution is 7.98. The second-order valence-electron chi connectivity index (χ2n) is 5.77. The van der Waals surface area contributed by atoms with Gasteiger partial charge in [-0.05, 0) is 23.3 Å². The lowest BCUT2D eigenvalue weighted by Gasteiger charge is -2.30. The van der Waals surface area contributed by atoms with Gasteiger partial charge < -0.3 is 4.57 Å². The Morgan fingerprint density at radius 2 is 1.73 bits per heavy atom. The summed E-state index contributed by atoms with van der Waals surface area (Å²) in [5, 5.41) is -0.203. The van der Waals surface area contributed by atoms with Gasteiger partial charge in [0.1, 0.15) is 6.04 Å². The lowest BCUT2D eigenvalue weighted by Crippen LogP contribution is -2.30. The summed E-state index contributed by atoms with van der Waals surface area (Å²) in [4.78, 5) is 3.80. The highest BCUT2D eigenvalue weighted by Gasteiger charge is 2.46. The maximum Gasteiger partial charge on any atom is 0.410 e. The fourth-order valence-corrected chi connectivity index (χ4v) is 4.23. The van der Waals surface area contributed by atoms with Crippen LogP contribution in [0.1, 0.15) is 22.4 Å². The van der Waals surface area contributed by atoms with Gasteiger partial charge in [0.2, 0.25) is 0 Å². The molecule has 0 fully saturated rings. The maximum absolute atomic E-state index is 13.9. The van der Waals surface area contributed by atoms with Crippen LogP contribution in [-0.2, 0) is 5.75 Å². The van der Waals surface area contributed by atoms with Crippen LogP contribution in [0.5, 0.6) is 0 Å². The quantitative estimate of drug-likeness (QED) is 0.485. The van der Waals surface area contributed by atoms with E-state index in [1.165, 1.54) is 30.5 Å². The Labute approximate surface area is 159 Å². The van der Waals surface area contributed by atoms with E-state index in [2.05, 4.69) is 4.98 Å². The molecule has 0 radical (unpaired) electrons. The lowest BCUT2D eigenvalue weighted by molar-refractivity contribution is -0.168. The predicted octanol–water partition coefficient (Wildman–Crippen LogP) is 6.31. The van der Waals surface area contributed by atoms with E-state index in [1.807, 2.05) is 12.1 Å². The van der Waals surface area contributed by atoms with Crippen molar-refractivity contribution < 1.29 is 13.2 Å². The summed E-state index contributed by atoms with van der Waals surface area (Å²) in [6.45, 7) is 0. The first-order chi connectivity index (χ1) is 12.4. The molecule has 2 aromatic carbocycles. The smallest absolute Gasteiger partial charge is 0.324 e. The normalized spacial score (nSPS) is 14.2. The molecule has 1 aromatic heterocycles. The molecule has 2 nitrogen and oxygen atoms in total. The Bertz CT molecular complexity index is 805. The van der Waals surface area contributed by atoms with Crippen LogP contribution in [0.3, 0.4) is 0 Å². The van der Waals surface area contributed by atoms with Crippen molar-refractivity contribution in [2.45, 2.75) is 23.2 Å². The number of hydrogen-bond donors (Lipinski definition) is 0. The molecular formula is C19H16ClF3N2S. The third kappa shape index (κ3) is 4.62. The van der Waals surface area contributed by atoms with Crippen molar-refractivity contribution in [1.29, 1.82) is 0 Å². The highest BCUT2D eigenvalue weighted by Crippen LogP contribution is 2.48. The molecular weight excluding hydrogens is 381 g/mol. The third-order valence-electron chi connectivity index (χ3n) is 3.94. The standard InChI is InChI=1S/C19H16ClF3N2S/c20-16-8-6-14(7-9-16)12-26-17(15-4-2-1-3-5-15)18(19(21,22)23)25-11-10-24-13-25/h1-11,13,17-18H,12H2. The minimum atomic E-state index is -4.41. The van der Waals surface area contributed by atoms with Gasteiger partial charge in [-0.2, -0.15) is 13.2 Å². The average molecular weight is 397 g/mol. The van der Waals surface area contributed by atoms with E-state index in [0.29, 0.717) is 16.3 Å². The van der Waals surface area contributed by atoms with Crippen molar-refractivity contribution in [3.8, 4) is 0 Å². The number of benzene rings is 2. The molecule has 0 amide bonds. The monoisotopic (exact) mass is 396 g/mol. The molecule has 26 heavy (non-hydrogen) atoms. The first-order valence-electron chi connectivity index (χ1n) is 7.90. The molecule has 0 aliphatic carbocycles. The van der Waals surface area contributed by atoms with Gasteiger partial charge in [0.25, 0.3) is 0 Å². The third-order valence-corrected chi connectivity index (χ3v) is 5.58. The number of alkyl halides is 3. The molecule has 0 bridgehead atoms. The van der Waals surface area contributed by atoms with E-state index in [1.54, 1.807) is 42.5 Å². The van der Waals surface area contributed by atoms with Gasteiger partial charge in [0, 0.05) is 23.2 Å². The van der Waals surface area contributed by atoms with Crippen LogP contribution in [0, 0.1) is 0 Å². The van der Waals surface area contributed by atoms with Gasteiger partial charge in [-0.1, -0.05) is 54.1 Å². The largest absolute Gasteiger partial charge is 0.410 e. The summed E-state index contributed by atoms with van der Waals surface area (Å²) in [5.74, 6) is 0.442. The number of aromatic nitrogens is 2. The van der Waals surface area contributed by atoms with E-state index < -0.39 is 17.5 Å². The zero-order valence-electron chi connectivity index (χ0n) is 13.6. The van der Waals surface area contributed by atoms with E-state index in [9.17, 15) is 13.2 Å². The van der Waals surface area contributed by atoms with Crippen molar-refractivity contribution >= 4 is 23.4 Å². The number of hydrogen-bond acceptors (Lipinski definition) is 2. The van der Waals surface area contributed by atoms with Crippen molar-refractivity contribution in [2.75, 3.05) is 0 Å². The van der Waals surface area contributed by atoms with Crippen LogP contribution in [0.25, 0.3) is 0 Å². The molecule has 0 saturated carbocycles. The Morgan fingerprint density at radius 3 is 2.31 bits per heavy atom. The topological polar surface area (TPSA) is 17.8 Å². The molecule has 0 spiro atoms. The van der Waals surface area contributed by atoms with Gasteiger partial charge in [-0.25, -0.2) is 4.98 Å². The molecule has 1 heterocycles. The number of nitrogens with zero attached hydrogens (tertiary/aromatic N) is 2. The predicted molar refractivity (Wildman–Crippen MR) is 99.2 cm³/mol. The summed E-state index contributed by atoms with van der Waals surface area (Å²) in [5.41, 5.74) is 1.55. The SMILES string of the molecule is FC(F)(F)C(C(SCc1ccc(Cl)cc1)c1ccccc1)n1ccnc1. The molecule has 0 aliphatic rings. The fraction of sp³-hybridized carbons (Fsp3) is 0.211. The van der Waals surface area contributed by atoms with Crippen LogP contribution in [0.4, 0.5) is 13.2 Å². The van der Waals surface area contributed by atoms with Crippen LogP contribution in [0.2, 0.25) is 5.02 Å². The summed E-state index contributed by atoms with van der Waals surface area (Å²) < 4.78 is 42.9. The minimum absolute atomic E-state index is 0.442. The second-order valence-corrected chi connectivity index (χ2v) is 7.33. The van der Waals surface area contributed by atoms with Crippen LogP contribution >= 0.6 is 23.4 Å². The number of imidazole rings is 1. The van der Waals surface area contributed by atoms with Crippen LogP contribution in [0.15, 0.2) is 73.3 Å². The second kappa shape index (κ2) is 8.18. The van der Waals surface area contributed by atoms with E-state index >= 15 is 0 Å². The molecule has 0 aliphatic heterocycles. The summed E-state index contributed by atoms with van der Waals surface area (Å²) >= 11 is 7.14. The molecule has 7 heteroatoms. The first-order valence-corrected chi connectivity index (χ1v) is 9.33. The molecule has 2 atom stereocenters. The van der Waals surface area contributed by atoms with Crippen molar-refractivity contribution in [3.05, 3.63) is 89.5 Å². The first kappa shape index (κ1) is 18.9. The van der Waals surface area contributed by atoms with Crippen LogP contribution < -0.4 is 0 Å². The van der Waals surface area contributed by atoms with Gasteiger partial charge in [0.15, 0.2) is 0 Å². The molecule has 0 saturated heterocycles. The number of halogens is 4. The summed E-state index contributed by atoms with van der Waals surface area (Å²) in [6.07, 6.45) is -0.466. The minimum Gasteiger partial charge on any atom is -0.324 e. The Kier molecular flexibility index (Phi) is 5.94. The highest BCUT2D eigenvalue weighted by atomic mass is 35.5.